The molecule has 0 spiro atoms. The summed E-state index contributed by atoms with van der Waals surface area (Å²) in [5.41, 5.74) is 0. The van der Waals surface area contributed by atoms with E-state index in [9.17, 15) is 45.6 Å². The van der Waals surface area contributed by atoms with Gasteiger partial charge in [0, 0.05) is 6.42 Å². The molecule has 2 aliphatic heterocycles. The van der Waals surface area contributed by atoms with Crippen molar-refractivity contribution in [2.45, 2.75) is 383 Å². The van der Waals surface area contributed by atoms with Gasteiger partial charge in [0.1, 0.15) is 48.8 Å². The molecule has 0 aromatic heterocycles. The molecule has 2 heterocycles. The molecule has 2 rings (SSSR count). The second-order valence-electron chi connectivity index (χ2n) is 25.3. The minimum atomic E-state index is -1.78. The molecule has 0 aromatic carbocycles. The quantitative estimate of drug-likeness (QED) is 0.0204. The largest absolute Gasteiger partial charge is 0.394 e. The number of carbonyl (C=O) groups is 1. The van der Waals surface area contributed by atoms with Gasteiger partial charge in [-0.1, -0.05) is 300 Å². The van der Waals surface area contributed by atoms with Crippen LogP contribution < -0.4 is 5.32 Å². The molecule has 0 radical (unpaired) electrons. The molecular formula is C72H133NO13. The maximum Gasteiger partial charge on any atom is 0.220 e. The van der Waals surface area contributed by atoms with Crippen molar-refractivity contribution in [2.24, 2.45) is 0 Å². The second kappa shape index (κ2) is 56.9. The van der Waals surface area contributed by atoms with Crippen molar-refractivity contribution >= 4 is 5.91 Å². The van der Waals surface area contributed by atoms with Crippen molar-refractivity contribution in [1.29, 1.82) is 0 Å². The van der Waals surface area contributed by atoms with Crippen molar-refractivity contribution in [3.63, 3.8) is 0 Å². The van der Waals surface area contributed by atoms with Crippen LogP contribution in [0.2, 0.25) is 0 Å². The average Bonchev–Trinajstić information content (AvgIpc) is 1.60. The molecule has 0 saturated carbocycles. The Hall–Kier alpha value is -2.05. The normalized spacial score (nSPS) is 23.7. The van der Waals surface area contributed by atoms with E-state index in [1.807, 2.05) is 0 Å². The van der Waals surface area contributed by atoms with Gasteiger partial charge in [0.25, 0.3) is 0 Å². The summed E-state index contributed by atoms with van der Waals surface area (Å²) >= 11 is 0. The minimum Gasteiger partial charge on any atom is -0.394 e. The second-order valence-corrected chi connectivity index (χ2v) is 25.3. The van der Waals surface area contributed by atoms with Gasteiger partial charge in [0.05, 0.1) is 32.0 Å². The number of rotatable bonds is 59. The fourth-order valence-electron chi connectivity index (χ4n) is 11.9. The predicted molar refractivity (Wildman–Crippen MR) is 351 cm³/mol. The van der Waals surface area contributed by atoms with E-state index in [2.05, 4.69) is 67.8 Å². The summed E-state index contributed by atoms with van der Waals surface area (Å²) in [6, 6.07) is -0.825. The van der Waals surface area contributed by atoms with Gasteiger partial charge in [0.15, 0.2) is 12.6 Å². The van der Waals surface area contributed by atoms with Gasteiger partial charge < -0.3 is 65.1 Å². The topological polar surface area (TPSA) is 228 Å². The van der Waals surface area contributed by atoms with E-state index in [4.69, 9.17) is 18.9 Å². The van der Waals surface area contributed by atoms with E-state index >= 15 is 0 Å². The number of unbranched alkanes of at least 4 members (excludes halogenated alkanes) is 38. The molecule has 14 heteroatoms. The van der Waals surface area contributed by atoms with E-state index in [1.54, 1.807) is 0 Å². The van der Waals surface area contributed by atoms with Crippen LogP contribution >= 0.6 is 0 Å². The third-order valence-electron chi connectivity index (χ3n) is 17.6. The van der Waals surface area contributed by atoms with Crippen molar-refractivity contribution in [2.75, 3.05) is 19.8 Å². The van der Waals surface area contributed by atoms with E-state index in [0.29, 0.717) is 12.8 Å². The summed E-state index contributed by atoms with van der Waals surface area (Å²) in [4.78, 5) is 13.3. The highest BCUT2D eigenvalue weighted by molar-refractivity contribution is 5.76. The Morgan fingerprint density at radius 2 is 0.802 bits per heavy atom. The number of aliphatic hydroxyl groups is 8. The lowest BCUT2D eigenvalue weighted by Crippen LogP contribution is -2.65. The monoisotopic (exact) mass is 1220 g/mol. The third kappa shape index (κ3) is 40.6. The van der Waals surface area contributed by atoms with E-state index in [0.717, 1.165) is 77.0 Å². The van der Waals surface area contributed by atoms with Gasteiger partial charge in [-0.3, -0.25) is 4.79 Å². The Kier molecular flexibility index (Phi) is 53.0. The van der Waals surface area contributed by atoms with Crippen LogP contribution in [0, 0.1) is 0 Å². The smallest absolute Gasteiger partial charge is 0.220 e. The van der Waals surface area contributed by atoms with Crippen molar-refractivity contribution in [3.05, 3.63) is 48.6 Å². The van der Waals surface area contributed by atoms with Crippen LogP contribution in [0.25, 0.3) is 0 Å². The first-order chi connectivity index (χ1) is 42.1. The van der Waals surface area contributed by atoms with Crippen LogP contribution in [0.5, 0.6) is 0 Å². The molecule has 2 aliphatic rings. The third-order valence-corrected chi connectivity index (χ3v) is 17.6. The Labute approximate surface area is 524 Å². The lowest BCUT2D eigenvalue weighted by Gasteiger charge is -2.46. The Bertz CT molecular complexity index is 1630. The van der Waals surface area contributed by atoms with Crippen LogP contribution in [0.4, 0.5) is 0 Å². The molecule has 1 amide bonds. The summed E-state index contributed by atoms with van der Waals surface area (Å²) < 4.78 is 22.8. The number of carbonyl (C=O) groups excluding carboxylic acids is 1. The molecule has 0 aromatic rings. The summed E-state index contributed by atoms with van der Waals surface area (Å²) in [5.74, 6) is -0.202. The molecule has 12 atom stereocenters. The number of aliphatic hydroxyl groups excluding tert-OH is 8. The Balaban J connectivity index is 1.50. The number of ether oxygens (including phenoxy) is 4. The van der Waals surface area contributed by atoms with Crippen molar-refractivity contribution in [3.8, 4) is 0 Å². The molecule has 2 fully saturated rings. The number of amides is 1. The minimum absolute atomic E-state index is 0.202. The van der Waals surface area contributed by atoms with Crippen LogP contribution in [0.1, 0.15) is 309 Å². The number of allylic oxidation sites excluding steroid dienone is 8. The van der Waals surface area contributed by atoms with Crippen molar-refractivity contribution < 1.29 is 64.6 Å². The zero-order valence-corrected chi connectivity index (χ0v) is 54.8. The van der Waals surface area contributed by atoms with Crippen LogP contribution in [0.15, 0.2) is 48.6 Å². The molecule has 0 bridgehead atoms. The fourth-order valence-corrected chi connectivity index (χ4v) is 11.9. The maximum atomic E-state index is 13.3. The number of hydrogen-bond acceptors (Lipinski definition) is 13. The Morgan fingerprint density at radius 3 is 1.23 bits per heavy atom. The molecule has 14 nitrogen and oxygen atoms in total. The highest BCUT2D eigenvalue weighted by Crippen LogP contribution is 2.30. The summed E-state index contributed by atoms with van der Waals surface area (Å²) in [6.45, 7) is 2.76. The highest BCUT2D eigenvalue weighted by atomic mass is 16.7. The molecule has 0 aliphatic carbocycles. The zero-order chi connectivity index (χ0) is 62.3. The molecular weight excluding hydrogens is 1090 g/mol. The standard InChI is InChI=1S/C72H133NO13/c1-3-5-7-9-11-13-15-16-17-18-19-20-21-22-23-24-25-26-27-28-29-30-31-32-33-34-35-36-37-38-39-40-41-42-43-44-46-48-50-52-54-56-64(77)73-60(61(76)55-53-51-49-47-45-14-12-10-8-6-4-2)59-83-71-69(82)67(80)70(63(58-75)85-71)86-72-68(81)66(79)65(78)62(57-74)84-72/h5,7,11,13,16-17,19-20,60-63,65-72,74-76,78-82H,3-4,6,8-10,12,14-15,18,21-59H2,1-2H3,(H,73,77)/b7-5-,13-11-,17-16-,20-19-. The molecule has 86 heavy (non-hydrogen) atoms. The summed E-state index contributed by atoms with van der Waals surface area (Å²) in [7, 11) is 0. The van der Waals surface area contributed by atoms with Crippen LogP contribution in [-0.2, 0) is 23.7 Å². The first-order valence-electron chi connectivity index (χ1n) is 35.9. The van der Waals surface area contributed by atoms with E-state index in [-0.39, 0.29) is 12.5 Å². The summed E-state index contributed by atoms with van der Waals surface area (Å²) in [5, 5.41) is 87.3. The molecule has 9 N–H and O–H groups in total. The Morgan fingerprint density at radius 1 is 0.430 bits per heavy atom. The van der Waals surface area contributed by atoms with Crippen molar-refractivity contribution in [1.82, 2.24) is 5.32 Å². The van der Waals surface area contributed by atoms with Crippen LogP contribution in [-0.4, -0.2) is 140 Å². The number of nitrogens with one attached hydrogen (secondary N) is 1. The van der Waals surface area contributed by atoms with Gasteiger partial charge in [-0.05, 0) is 51.4 Å². The van der Waals surface area contributed by atoms with E-state index in [1.165, 1.54) is 205 Å². The van der Waals surface area contributed by atoms with Gasteiger partial charge in [-0.25, -0.2) is 0 Å². The van der Waals surface area contributed by atoms with Gasteiger partial charge in [-0.2, -0.15) is 0 Å². The molecule has 504 valence electrons. The first kappa shape index (κ1) is 80.0. The lowest BCUT2D eigenvalue weighted by atomic mass is 9.97. The van der Waals surface area contributed by atoms with Gasteiger partial charge >= 0.3 is 0 Å². The molecule has 12 unspecified atom stereocenters. The lowest BCUT2D eigenvalue weighted by molar-refractivity contribution is -0.359. The summed E-state index contributed by atoms with van der Waals surface area (Å²) in [6.07, 6.45) is 57.5. The number of hydrogen-bond donors (Lipinski definition) is 9. The van der Waals surface area contributed by atoms with Gasteiger partial charge in [-0.15, -0.1) is 0 Å². The van der Waals surface area contributed by atoms with Crippen LogP contribution in [0.3, 0.4) is 0 Å². The predicted octanol–water partition coefficient (Wildman–Crippen LogP) is 14.7. The maximum absolute atomic E-state index is 13.3. The SMILES string of the molecule is CC/C=C\C/C=C\C/C=C\C/C=C\CCCCCCCCCCCCCCCCCCCCCCCCCCCCCCC(=O)NC(COC1OC(CO)C(OC2OC(CO)C(O)C(O)C2O)C(O)C1O)C(O)CCCCCCCCCCCCC. The first-order valence-corrected chi connectivity index (χ1v) is 35.9. The zero-order valence-electron chi connectivity index (χ0n) is 54.8. The highest BCUT2D eigenvalue weighted by Gasteiger charge is 2.51. The fraction of sp³-hybridized carbons (Fsp3) is 0.875. The van der Waals surface area contributed by atoms with Gasteiger partial charge in [0.2, 0.25) is 5.91 Å². The molecule has 2 saturated heterocycles. The van der Waals surface area contributed by atoms with E-state index < -0.39 is 86.8 Å². The average molecular weight is 1220 g/mol.